The van der Waals surface area contributed by atoms with Crippen molar-refractivity contribution in [3.63, 3.8) is 0 Å². The number of hydrogen-bond acceptors (Lipinski definition) is 8. The number of carbonyl (C=O) groups excluding carboxylic acids is 1. The molecule has 3 aromatic heterocycles. The molecule has 4 aromatic rings. The molecule has 0 bridgehead atoms. The van der Waals surface area contributed by atoms with Gasteiger partial charge in [0.2, 0.25) is 10.7 Å². The van der Waals surface area contributed by atoms with Gasteiger partial charge in [-0.05, 0) is 18.6 Å². The highest BCUT2D eigenvalue weighted by atomic mass is 32.1. The van der Waals surface area contributed by atoms with Crippen molar-refractivity contribution in [3.05, 3.63) is 69.3 Å². The maximum Gasteiger partial charge on any atom is 0.363 e. The Balaban J connectivity index is 1.55. The summed E-state index contributed by atoms with van der Waals surface area (Å²) in [7, 11) is 1.45. The molecule has 0 spiro atoms. The zero-order valence-electron chi connectivity index (χ0n) is 15.7. The van der Waals surface area contributed by atoms with E-state index < -0.39 is 5.97 Å². The SMILES string of the molecule is CCc1nn2c(=O)cc(COC(=O)c3nn(-c4ccccc4)cc3OC)nc2s1. The lowest BCUT2D eigenvalue weighted by Crippen LogP contribution is -2.17. The van der Waals surface area contributed by atoms with E-state index in [9.17, 15) is 9.59 Å². The number of rotatable bonds is 6. The van der Waals surface area contributed by atoms with Gasteiger partial charge in [-0.2, -0.15) is 14.7 Å². The third kappa shape index (κ3) is 3.74. The molecule has 0 saturated carbocycles. The van der Waals surface area contributed by atoms with Gasteiger partial charge in [-0.1, -0.05) is 36.5 Å². The smallest absolute Gasteiger partial charge is 0.363 e. The van der Waals surface area contributed by atoms with Crippen LogP contribution in [0.1, 0.15) is 28.1 Å². The van der Waals surface area contributed by atoms with Gasteiger partial charge in [0.1, 0.15) is 11.6 Å². The maximum atomic E-state index is 12.5. The van der Waals surface area contributed by atoms with Gasteiger partial charge in [-0.25, -0.2) is 14.5 Å². The summed E-state index contributed by atoms with van der Waals surface area (Å²) in [6.45, 7) is 1.79. The quantitative estimate of drug-likeness (QED) is 0.449. The lowest BCUT2D eigenvalue weighted by molar-refractivity contribution is 0.0456. The van der Waals surface area contributed by atoms with Crippen molar-refractivity contribution in [1.29, 1.82) is 0 Å². The number of carbonyl (C=O) groups is 1. The Hall–Kier alpha value is -3.53. The van der Waals surface area contributed by atoms with E-state index in [0.717, 1.165) is 10.7 Å². The molecule has 0 aliphatic heterocycles. The molecular formula is C19H17N5O4S. The summed E-state index contributed by atoms with van der Waals surface area (Å²) < 4.78 is 13.4. The Morgan fingerprint density at radius 2 is 2.00 bits per heavy atom. The average molecular weight is 411 g/mol. The minimum Gasteiger partial charge on any atom is -0.493 e. The van der Waals surface area contributed by atoms with E-state index in [1.165, 1.54) is 33.7 Å². The monoisotopic (exact) mass is 411 g/mol. The Bertz CT molecular complexity index is 1230. The zero-order chi connectivity index (χ0) is 20.4. The Morgan fingerprint density at radius 1 is 1.21 bits per heavy atom. The molecule has 4 rings (SSSR count). The summed E-state index contributed by atoms with van der Waals surface area (Å²) in [6, 6.07) is 10.6. The number of para-hydroxylation sites is 1. The molecule has 148 valence electrons. The second-order valence-electron chi connectivity index (χ2n) is 6.03. The van der Waals surface area contributed by atoms with Gasteiger partial charge in [-0.15, -0.1) is 0 Å². The molecule has 0 aliphatic carbocycles. The van der Waals surface area contributed by atoms with Crippen LogP contribution in [0, 0.1) is 0 Å². The number of aromatic nitrogens is 5. The molecule has 0 unspecified atom stereocenters. The minimum atomic E-state index is -0.669. The van der Waals surface area contributed by atoms with Crippen LogP contribution in [0.25, 0.3) is 10.6 Å². The molecule has 0 atom stereocenters. The highest BCUT2D eigenvalue weighted by molar-refractivity contribution is 7.16. The number of ether oxygens (including phenoxy) is 2. The van der Waals surface area contributed by atoms with Crippen LogP contribution in [0.2, 0.25) is 0 Å². The van der Waals surface area contributed by atoms with Crippen molar-refractivity contribution < 1.29 is 14.3 Å². The fraction of sp³-hybridized carbons (Fsp3) is 0.211. The predicted molar refractivity (Wildman–Crippen MR) is 106 cm³/mol. The fourth-order valence-corrected chi connectivity index (χ4v) is 3.54. The van der Waals surface area contributed by atoms with E-state index in [0.29, 0.717) is 17.1 Å². The zero-order valence-corrected chi connectivity index (χ0v) is 16.5. The van der Waals surface area contributed by atoms with Crippen molar-refractivity contribution in [2.75, 3.05) is 7.11 Å². The van der Waals surface area contributed by atoms with Crippen LogP contribution >= 0.6 is 11.3 Å². The summed E-state index contributed by atoms with van der Waals surface area (Å²) in [5.41, 5.74) is 0.848. The Morgan fingerprint density at radius 3 is 2.72 bits per heavy atom. The molecule has 1 aromatic carbocycles. The first-order valence-electron chi connectivity index (χ1n) is 8.84. The molecule has 0 N–H and O–H groups in total. The van der Waals surface area contributed by atoms with Gasteiger partial charge in [0, 0.05) is 6.07 Å². The number of aryl methyl sites for hydroxylation is 1. The van der Waals surface area contributed by atoms with E-state index in [4.69, 9.17) is 9.47 Å². The summed E-state index contributed by atoms with van der Waals surface area (Å²) >= 11 is 1.33. The van der Waals surface area contributed by atoms with Crippen LogP contribution in [0.15, 0.2) is 47.4 Å². The van der Waals surface area contributed by atoms with E-state index in [1.807, 2.05) is 37.3 Å². The molecule has 0 saturated heterocycles. The van der Waals surface area contributed by atoms with E-state index in [-0.39, 0.29) is 23.6 Å². The van der Waals surface area contributed by atoms with Gasteiger partial charge in [-0.3, -0.25) is 4.79 Å². The summed E-state index contributed by atoms with van der Waals surface area (Å²) in [4.78, 5) is 29.6. The largest absolute Gasteiger partial charge is 0.493 e. The molecule has 29 heavy (non-hydrogen) atoms. The molecule has 0 fully saturated rings. The second kappa shape index (κ2) is 7.84. The second-order valence-corrected chi connectivity index (χ2v) is 7.07. The van der Waals surface area contributed by atoms with Crippen LogP contribution in [0.5, 0.6) is 5.75 Å². The fourth-order valence-electron chi connectivity index (χ4n) is 2.68. The normalized spacial score (nSPS) is 11.0. The molecule has 0 amide bonds. The number of fused-ring (bicyclic) bond motifs is 1. The van der Waals surface area contributed by atoms with Crippen LogP contribution in [-0.4, -0.2) is 37.5 Å². The summed E-state index contributed by atoms with van der Waals surface area (Å²) in [5.74, 6) is -0.380. The highest BCUT2D eigenvalue weighted by Gasteiger charge is 2.20. The van der Waals surface area contributed by atoms with Gasteiger partial charge in [0.15, 0.2) is 5.75 Å². The first kappa shape index (κ1) is 18.8. The molecule has 9 nitrogen and oxygen atoms in total. The van der Waals surface area contributed by atoms with E-state index in [1.54, 1.807) is 6.20 Å². The molecule has 10 heteroatoms. The number of esters is 1. The predicted octanol–water partition coefficient (Wildman–Crippen LogP) is 2.26. The average Bonchev–Trinajstić information content (AvgIpc) is 3.37. The van der Waals surface area contributed by atoms with Crippen LogP contribution in [-0.2, 0) is 17.8 Å². The van der Waals surface area contributed by atoms with Gasteiger partial charge in [0.25, 0.3) is 5.56 Å². The van der Waals surface area contributed by atoms with Crippen molar-refractivity contribution in [3.8, 4) is 11.4 Å². The van der Waals surface area contributed by atoms with Crippen molar-refractivity contribution in [1.82, 2.24) is 24.4 Å². The first-order chi connectivity index (χ1) is 14.1. The van der Waals surface area contributed by atoms with Crippen LogP contribution in [0.3, 0.4) is 0 Å². The first-order valence-corrected chi connectivity index (χ1v) is 9.65. The number of methoxy groups -OCH3 is 1. The third-order valence-corrected chi connectivity index (χ3v) is 5.16. The Kier molecular flexibility index (Phi) is 5.09. The minimum absolute atomic E-state index is 0.0419. The van der Waals surface area contributed by atoms with Gasteiger partial charge in [0.05, 0.1) is 24.7 Å². The molecule has 3 heterocycles. The molecular weight excluding hydrogens is 394 g/mol. The topological polar surface area (TPSA) is 101 Å². The van der Waals surface area contributed by atoms with Crippen LogP contribution in [0.4, 0.5) is 0 Å². The maximum absolute atomic E-state index is 12.5. The van der Waals surface area contributed by atoms with Gasteiger partial charge >= 0.3 is 5.97 Å². The van der Waals surface area contributed by atoms with E-state index >= 15 is 0 Å². The standard InChI is InChI=1S/C19H17N5O4S/c1-3-15-21-24-16(25)9-12(20-19(24)29-15)11-28-18(26)17-14(27-2)10-23(22-17)13-7-5-4-6-8-13/h4-10H,3,11H2,1-2H3. The third-order valence-electron chi connectivity index (χ3n) is 4.11. The van der Waals surface area contributed by atoms with E-state index in [2.05, 4.69) is 15.2 Å². The van der Waals surface area contributed by atoms with Crippen molar-refractivity contribution in [2.45, 2.75) is 20.0 Å². The van der Waals surface area contributed by atoms with Crippen molar-refractivity contribution in [2.24, 2.45) is 0 Å². The van der Waals surface area contributed by atoms with Crippen molar-refractivity contribution >= 4 is 22.3 Å². The molecule has 0 radical (unpaired) electrons. The Labute approximate surface area is 169 Å². The van der Waals surface area contributed by atoms with Crippen LogP contribution < -0.4 is 10.3 Å². The number of hydrogen-bond donors (Lipinski definition) is 0. The summed E-state index contributed by atoms with van der Waals surface area (Å²) in [6.07, 6.45) is 2.31. The summed E-state index contributed by atoms with van der Waals surface area (Å²) in [5, 5.41) is 9.27. The molecule has 0 aliphatic rings. The lowest BCUT2D eigenvalue weighted by atomic mass is 10.3. The lowest BCUT2D eigenvalue weighted by Gasteiger charge is -2.04. The number of nitrogens with zero attached hydrogens (tertiary/aromatic N) is 5. The highest BCUT2D eigenvalue weighted by Crippen LogP contribution is 2.21. The number of benzene rings is 1. The van der Waals surface area contributed by atoms with Gasteiger partial charge < -0.3 is 9.47 Å².